The number of ether oxygens (including phenoxy) is 2. The predicted molar refractivity (Wildman–Crippen MR) is 150 cm³/mol. The zero-order valence-corrected chi connectivity index (χ0v) is 22.4. The van der Waals surface area contributed by atoms with E-state index >= 15 is 0 Å². The Hall–Kier alpha value is -3.15. The van der Waals surface area contributed by atoms with Crippen LogP contribution in [-0.4, -0.2) is 47.3 Å². The Balaban J connectivity index is 1.49. The van der Waals surface area contributed by atoms with Gasteiger partial charge in [0.25, 0.3) is 5.91 Å². The Morgan fingerprint density at radius 2 is 1.86 bits per heavy atom. The summed E-state index contributed by atoms with van der Waals surface area (Å²) in [6.45, 7) is 1.15. The quantitative estimate of drug-likeness (QED) is 0.242. The van der Waals surface area contributed by atoms with Crippen molar-refractivity contribution in [3.63, 3.8) is 0 Å². The lowest BCUT2D eigenvalue weighted by Gasteiger charge is -2.14. The number of thioether (sulfide) groups is 1. The van der Waals surface area contributed by atoms with E-state index in [1.165, 1.54) is 11.8 Å². The van der Waals surface area contributed by atoms with Crippen molar-refractivity contribution in [2.45, 2.75) is 6.61 Å². The maximum absolute atomic E-state index is 13.1. The molecule has 1 aliphatic rings. The zero-order valence-electron chi connectivity index (χ0n) is 19.4. The highest BCUT2D eigenvalue weighted by atomic mass is 127. The molecule has 9 heteroatoms. The minimum Gasteiger partial charge on any atom is -0.488 e. The van der Waals surface area contributed by atoms with Gasteiger partial charge in [0, 0.05) is 7.11 Å². The van der Waals surface area contributed by atoms with Crippen molar-refractivity contribution in [2.24, 2.45) is 4.99 Å². The van der Waals surface area contributed by atoms with Gasteiger partial charge in [0.1, 0.15) is 12.4 Å². The summed E-state index contributed by atoms with van der Waals surface area (Å²) in [6, 6.07) is 21.9. The molecule has 0 saturated carbocycles. The molecular weight excluding hydrogens is 591 g/mol. The number of carboxylic acid groups (broad SMARTS) is 1. The molecule has 0 unspecified atom stereocenters. The van der Waals surface area contributed by atoms with E-state index in [0.717, 1.165) is 20.4 Å². The van der Waals surface area contributed by atoms with Crippen molar-refractivity contribution in [3.8, 4) is 5.75 Å². The molecule has 1 fully saturated rings. The first-order valence-corrected chi connectivity index (χ1v) is 12.9. The summed E-state index contributed by atoms with van der Waals surface area (Å²) in [5.41, 5.74) is 2.77. The van der Waals surface area contributed by atoms with E-state index in [9.17, 15) is 9.59 Å². The molecule has 3 aromatic carbocycles. The normalized spacial score (nSPS) is 15.6. The van der Waals surface area contributed by atoms with Gasteiger partial charge in [0.05, 0.1) is 32.9 Å². The van der Waals surface area contributed by atoms with Crippen molar-refractivity contribution in [1.29, 1.82) is 0 Å². The smallest absolute Gasteiger partial charge is 0.335 e. The topological polar surface area (TPSA) is 88.4 Å². The van der Waals surface area contributed by atoms with E-state index in [0.29, 0.717) is 35.6 Å². The van der Waals surface area contributed by atoms with E-state index < -0.39 is 5.97 Å². The van der Waals surface area contributed by atoms with Crippen LogP contribution in [0.25, 0.3) is 6.08 Å². The number of carbonyl (C=O) groups excluding carboxylic acids is 1. The molecule has 0 bridgehead atoms. The first-order chi connectivity index (χ1) is 17.4. The third-order valence-electron chi connectivity index (χ3n) is 5.24. The molecule has 0 spiro atoms. The molecule has 0 aromatic heterocycles. The Labute approximate surface area is 227 Å². The van der Waals surface area contributed by atoms with Gasteiger partial charge in [-0.15, -0.1) is 0 Å². The number of methoxy groups -OCH3 is 1. The predicted octanol–water partition coefficient (Wildman–Crippen LogP) is 5.82. The summed E-state index contributed by atoms with van der Waals surface area (Å²) >= 11 is 3.55. The lowest BCUT2D eigenvalue weighted by Crippen LogP contribution is -2.32. The fourth-order valence-corrected chi connectivity index (χ4v) is 5.08. The van der Waals surface area contributed by atoms with Crippen molar-refractivity contribution in [1.82, 2.24) is 4.90 Å². The minimum atomic E-state index is -0.957. The van der Waals surface area contributed by atoms with E-state index in [4.69, 9.17) is 14.6 Å². The second-order valence-electron chi connectivity index (χ2n) is 7.77. The van der Waals surface area contributed by atoms with Crippen LogP contribution in [0.3, 0.4) is 0 Å². The molecule has 1 amide bonds. The van der Waals surface area contributed by atoms with Gasteiger partial charge < -0.3 is 14.6 Å². The van der Waals surface area contributed by atoms with Crippen LogP contribution < -0.4 is 4.74 Å². The highest BCUT2D eigenvalue weighted by Gasteiger charge is 2.33. The first-order valence-electron chi connectivity index (χ1n) is 11.0. The molecule has 1 saturated heterocycles. The van der Waals surface area contributed by atoms with Crippen molar-refractivity contribution >= 4 is 63.2 Å². The number of benzene rings is 3. The summed E-state index contributed by atoms with van der Waals surface area (Å²) in [4.78, 5) is 31.0. The largest absolute Gasteiger partial charge is 0.488 e. The average Bonchev–Trinajstić information content (AvgIpc) is 3.16. The minimum absolute atomic E-state index is 0.105. The van der Waals surface area contributed by atoms with Crippen LogP contribution in [0.2, 0.25) is 0 Å². The molecule has 7 nitrogen and oxygen atoms in total. The number of nitrogens with zero attached hydrogens (tertiary/aromatic N) is 2. The Morgan fingerprint density at radius 1 is 1.11 bits per heavy atom. The fourth-order valence-electron chi connectivity index (χ4n) is 3.36. The van der Waals surface area contributed by atoms with Gasteiger partial charge in [-0.25, -0.2) is 9.79 Å². The maximum Gasteiger partial charge on any atom is 0.335 e. The van der Waals surface area contributed by atoms with Gasteiger partial charge >= 0.3 is 5.97 Å². The van der Waals surface area contributed by atoms with E-state index in [2.05, 4.69) is 27.6 Å². The number of aliphatic imine (C=N–C) groups is 1. The fraction of sp³-hybridized carbons (Fsp3) is 0.148. The van der Waals surface area contributed by atoms with Crippen LogP contribution in [0.15, 0.2) is 82.7 Å². The lowest BCUT2D eigenvalue weighted by atomic mass is 10.1. The summed E-state index contributed by atoms with van der Waals surface area (Å²) in [5, 5.41) is 9.65. The monoisotopic (exact) mass is 614 g/mol. The van der Waals surface area contributed by atoms with Crippen LogP contribution in [0.1, 0.15) is 21.5 Å². The van der Waals surface area contributed by atoms with Gasteiger partial charge in [0.2, 0.25) is 0 Å². The highest BCUT2D eigenvalue weighted by Crippen LogP contribution is 2.35. The first kappa shape index (κ1) is 25.9. The van der Waals surface area contributed by atoms with Gasteiger partial charge in [-0.2, -0.15) is 0 Å². The van der Waals surface area contributed by atoms with Crippen LogP contribution >= 0.6 is 34.4 Å². The molecule has 1 N–H and O–H groups in total. The van der Waals surface area contributed by atoms with E-state index in [-0.39, 0.29) is 11.5 Å². The van der Waals surface area contributed by atoms with Crippen LogP contribution in [0.5, 0.6) is 5.75 Å². The van der Waals surface area contributed by atoms with Crippen molar-refractivity contribution in [3.05, 3.63) is 98.0 Å². The van der Waals surface area contributed by atoms with Crippen LogP contribution in [-0.2, 0) is 16.1 Å². The maximum atomic E-state index is 13.1. The van der Waals surface area contributed by atoms with Gasteiger partial charge in [0.15, 0.2) is 5.17 Å². The molecule has 0 atom stereocenters. The molecule has 184 valence electrons. The standard InChI is InChI=1S/C27H23IN2O5S/c1-34-14-13-30-25(31)24(36-27(30)29-21-5-3-2-4-6-21)16-19-9-12-23(22(28)15-19)35-17-18-7-10-20(11-8-18)26(32)33/h2-12,15-16H,13-14,17H2,1H3,(H,32,33). The molecular formula is C27H23IN2O5S. The third-order valence-corrected chi connectivity index (χ3v) is 7.09. The Kier molecular flexibility index (Phi) is 8.79. The van der Waals surface area contributed by atoms with Crippen LogP contribution in [0.4, 0.5) is 5.69 Å². The number of halogens is 1. The number of carboxylic acids is 1. The number of aromatic carboxylic acids is 1. The average molecular weight is 614 g/mol. The molecule has 1 aliphatic heterocycles. The molecule has 4 rings (SSSR count). The summed E-state index contributed by atoms with van der Waals surface area (Å²) in [6.07, 6.45) is 1.86. The number of para-hydroxylation sites is 1. The second-order valence-corrected chi connectivity index (χ2v) is 9.94. The summed E-state index contributed by atoms with van der Waals surface area (Å²) in [7, 11) is 1.61. The van der Waals surface area contributed by atoms with E-state index in [1.807, 2.05) is 54.6 Å². The zero-order chi connectivity index (χ0) is 25.5. The Morgan fingerprint density at radius 3 is 2.53 bits per heavy atom. The summed E-state index contributed by atoms with van der Waals surface area (Å²) in [5.74, 6) is -0.355. The van der Waals surface area contributed by atoms with Gasteiger partial charge in [-0.3, -0.25) is 9.69 Å². The SMILES string of the molecule is COCCN1C(=O)C(=Cc2ccc(OCc3ccc(C(=O)O)cc3)c(I)c2)SC1=Nc1ccccc1. The van der Waals surface area contributed by atoms with Gasteiger partial charge in [-0.1, -0.05) is 36.4 Å². The number of carbonyl (C=O) groups is 2. The highest BCUT2D eigenvalue weighted by molar-refractivity contribution is 14.1. The number of hydrogen-bond donors (Lipinski definition) is 1. The Bertz CT molecular complexity index is 1310. The van der Waals surface area contributed by atoms with Crippen molar-refractivity contribution < 1.29 is 24.2 Å². The lowest BCUT2D eigenvalue weighted by molar-refractivity contribution is -0.122. The molecule has 36 heavy (non-hydrogen) atoms. The number of amidine groups is 1. The third kappa shape index (κ3) is 6.54. The summed E-state index contributed by atoms with van der Waals surface area (Å²) < 4.78 is 12.0. The number of amides is 1. The number of rotatable bonds is 9. The van der Waals surface area contributed by atoms with E-state index in [1.54, 1.807) is 36.3 Å². The number of hydrogen-bond acceptors (Lipinski definition) is 6. The van der Waals surface area contributed by atoms with Crippen molar-refractivity contribution in [2.75, 3.05) is 20.3 Å². The molecule has 0 radical (unpaired) electrons. The second kappa shape index (κ2) is 12.2. The van der Waals surface area contributed by atoms with Gasteiger partial charge in [-0.05, 0) is 88.0 Å². The molecule has 3 aromatic rings. The van der Waals surface area contributed by atoms with Crippen LogP contribution in [0, 0.1) is 3.57 Å². The molecule has 0 aliphatic carbocycles. The molecule has 1 heterocycles.